The standard InChI is InChI=1S/C15H20FNO/c1-12-3-2-10-17(11-12)15(18)9-6-13-4-7-14(16)8-5-13/h4-5,7-8,12H,2-3,6,9-11H2,1H3/t12-/m1/s1. The van der Waals surface area contributed by atoms with E-state index in [-0.39, 0.29) is 11.7 Å². The summed E-state index contributed by atoms with van der Waals surface area (Å²) >= 11 is 0. The summed E-state index contributed by atoms with van der Waals surface area (Å²) in [5.74, 6) is 0.620. The van der Waals surface area contributed by atoms with Gasteiger partial charge in [0.15, 0.2) is 0 Å². The molecule has 1 aromatic rings. The monoisotopic (exact) mass is 249 g/mol. The van der Waals surface area contributed by atoms with Crippen molar-refractivity contribution in [3.63, 3.8) is 0 Å². The van der Waals surface area contributed by atoms with Gasteiger partial charge in [0.2, 0.25) is 5.91 Å². The van der Waals surface area contributed by atoms with E-state index < -0.39 is 0 Å². The first-order valence-corrected chi connectivity index (χ1v) is 6.67. The number of amides is 1. The molecule has 1 fully saturated rings. The second-order valence-corrected chi connectivity index (χ2v) is 5.21. The van der Waals surface area contributed by atoms with Crippen LogP contribution in [0.4, 0.5) is 4.39 Å². The van der Waals surface area contributed by atoms with E-state index in [1.54, 1.807) is 12.1 Å². The van der Waals surface area contributed by atoms with Gasteiger partial charge in [-0.15, -0.1) is 0 Å². The minimum absolute atomic E-state index is 0.227. The van der Waals surface area contributed by atoms with Gasteiger partial charge in [0.1, 0.15) is 5.82 Å². The number of rotatable bonds is 3. The number of nitrogens with zero attached hydrogens (tertiary/aromatic N) is 1. The average molecular weight is 249 g/mol. The SMILES string of the molecule is C[C@@H]1CCCN(C(=O)CCc2ccc(F)cc2)C1. The maximum atomic E-state index is 12.7. The molecule has 0 aromatic heterocycles. The zero-order chi connectivity index (χ0) is 13.0. The molecule has 1 aliphatic rings. The van der Waals surface area contributed by atoms with E-state index in [4.69, 9.17) is 0 Å². The lowest BCUT2D eigenvalue weighted by atomic mass is 9.99. The number of hydrogen-bond acceptors (Lipinski definition) is 1. The maximum Gasteiger partial charge on any atom is 0.222 e. The van der Waals surface area contributed by atoms with Gasteiger partial charge in [-0.05, 0) is 42.9 Å². The molecule has 0 spiro atoms. The van der Waals surface area contributed by atoms with Crippen molar-refractivity contribution in [1.82, 2.24) is 4.90 Å². The van der Waals surface area contributed by atoms with Crippen LogP contribution in [0.3, 0.4) is 0 Å². The molecule has 98 valence electrons. The molecule has 1 heterocycles. The van der Waals surface area contributed by atoms with Crippen LogP contribution < -0.4 is 0 Å². The van der Waals surface area contributed by atoms with E-state index in [2.05, 4.69) is 6.92 Å². The lowest BCUT2D eigenvalue weighted by Gasteiger charge is -2.31. The maximum absolute atomic E-state index is 12.7. The number of likely N-dealkylation sites (tertiary alicyclic amines) is 1. The Morgan fingerprint density at radius 2 is 2.11 bits per heavy atom. The fourth-order valence-corrected chi connectivity index (χ4v) is 2.48. The fraction of sp³-hybridized carbons (Fsp3) is 0.533. The predicted molar refractivity (Wildman–Crippen MR) is 69.7 cm³/mol. The zero-order valence-corrected chi connectivity index (χ0v) is 10.9. The summed E-state index contributed by atoms with van der Waals surface area (Å²) in [6.45, 7) is 3.98. The lowest BCUT2D eigenvalue weighted by molar-refractivity contribution is -0.132. The summed E-state index contributed by atoms with van der Waals surface area (Å²) in [4.78, 5) is 14.0. The molecule has 1 atom stereocenters. The van der Waals surface area contributed by atoms with Crippen LogP contribution in [0.1, 0.15) is 31.7 Å². The molecular formula is C15H20FNO. The first kappa shape index (κ1) is 13.1. The Morgan fingerprint density at radius 3 is 2.78 bits per heavy atom. The Balaban J connectivity index is 1.82. The predicted octanol–water partition coefficient (Wildman–Crippen LogP) is 3.02. The second-order valence-electron chi connectivity index (χ2n) is 5.21. The minimum atomic E-state index is -0.227. The molecule has 1 amide bonds. The van der Waals surface area contributed by atoms with Gasteiger partial charge in [0.05, 0.1) is 0 Å². The Morgan fingerprint density at radius 1 is 1.39 bits per heavy atom. The first-order chi connectivity index (χ1) is 8.65. The highest BCUT2D eigenvalue weighted by molar-refractivity contribution is 5.76. The number of aryl methyl sites for hydroxylation is 1. The molecule has 3 heteroatoms. The number of benzene rings is 1. The number of piperidine rings is 1. The molecule has 0 bridgehead atoms. The summed E-state index contributed by atoms with van der Waals surface area (Å²) < 4.78 is 12.7. The fourth-order valence-electron chi connectivity index (χ4n) is 2.48. The third-order valence-corrected chi connectivity index (χ3v) is 3.55. The highest BCUT2D eigenvalue weighted by atomic mass is 19.1. The summed E-state index contributed by atoms with van der Waals surface area (Å²) in [6.07, 6.45) is 3.56. The number of halogens is 1. The van der Waals surface area contributed by atoms with Crippen LogP contribution >= 0.6 is 0 Å². The average Bonchev–Trinajstić information content (AvgIpc) is 2.38. The molecule has 1 saturated heterocycles. The Kier molecular flexibility index (Phi) is 4.34. The number of hydrogen-bond donors (Lipinski definition) is 0. The van der Waals surface area contributed by atoms with Crippen molar-refractivity contribution in [1.29, 1.82) is 0 Å². The van der Waals surface area contributed by atoms with Gasteiger partial charge >= 0.3 is 0 Å². The Hall–Kier alpha value is -1.38. The zero-order valence-electron chi connectivity index (χ0n) is 10.9. The molecular weight excluding hydrogens is 229 g/mol. The summed E-state index contributed by atoms with van der Waals surface area (Å²) in [6, 6.07) is 6.40. The molecule has 0 N–H and O–H groups in total. The molecule has 1 aromatic carbocycles. The molecule has 2 rings (SSSR count). The van der Waals surface area contributed by atoms with Crippen LogP contribution in [-0.2, 0) is 11.2 Å². The molecule has 0 unspecified atom stereocenters. The van der Waals surface area contributed by atoms with Crippen LogP contribution in [0.15, 0.2) is 24.3 Å². The molecule has 18 heavy (non-hydrogen) atoms. The van der Waals surface area contributed by atoms with E-state index in [9.17, 15) is 9.18 Å². The number of carbonyl (C=O) groups is 1. The van der Waals surface area contributed by atoms with E-state index in [0.29, 0.717) is 18.8 Å². The normalized spacial score (nSPS) is 19.9. The van der Waals surface area contributed by atoms with Gasteiger partial charge in [0.25, 0.3) is 0 Å². The molecule has 0 saturated carbocycles. The molecule has 2 nitrogen and oxygen atoms in total. The van der Waals surface area contributed by atoms with Crippen LogP contribution in [0.5, 0.6) is 0 Å². The lowest BCUT2D eigenvalue weighted by Crippen LogP contribution is -2.39. The Labute approximate surface area is 108 Å². The van der Waals surface area contributed by atoms with Gasteiger partial charge in [0, 0.05) is 19.5 Å². The van der Waals surface area contributed by atoms with Crippen molar-refractivity contribution in [2.45, 2.75) is 32.6 Å². The van der Waals surface area contributed by atoms with Gasteiger partial charge in [-0.25, -0.2) is 4.39 Å². The van der Waals surface area contributed by atoms with Gasteiger partial charge < -0.3 is 4.90 Å². The molecule has 0 aliphatic carbocycles. The van der Waals surface area contributed by atoms with Gasteiger partial charge in [-0.1, -0.05) is 19.1 Å². The second kappa shape index (κ2) is 5.98. The van der Waals surface area contributed by atoms with Crippen LogP contribution in [0, 0.1) is 11.7 Å². The van der Waals surface area contributed by atoms with Crippen LogP contribution in [-0.4, -0.2) is 23.9 Å². The van der Waals surface area contributed by atoms with Crippen LogP contribution in [0.2, 0.25) is 0 Å². The van der Waals surface area contributed by atoms with Crippen molar-refractivity contribution in [2.75, 3.05) is 13.1 Å². The van der Waals surface area contributed by atoms with E-state index in [0.717, 1.165) is 25.1 Å². The highest BCUT2D eigenvalue weighted by Crippen LogP contribution is 2.17. The van der Waals surface area contributed by atoms with Crippen molar-refractivity contribution in [3.05, 3.63) is 35.6 Å². The molecule has 0 radical (unpaired) electrons. The van der Waals surface area contributed by atoms with Crippen molar-refractivity contribution in [3.8, 4) is 0 Å². The third kappa shape index (κ3) is 3.56. The highest BCUT2D eigenvalue weighted by Gasteiger charge is 2.20. The molecule has 1 aliphatic heterocycles. The summed E-state index contributed by atoms with van der Waals surface area (Å²) in [5, 5.41) is 0. The first-order valence-electron chi connectivity index (χ1n) is 6.67. The van der Waals surface area contributed by atoms with Crippen molar-refractivity contribution in [2.24, 2.45) is 5.92 Å². The number of carbonyl (C=O) groups excluding carboxylic acids is 1. The quantitative estimate of drug-likeness (QED) is 0.806. The minimum Gasteiger partial charge on any atom is -0.342 e. The van der Waals surface area contributed by atoms with E-state index in [1.807, 2.05) is 4.90 Å². The smallest absolute Gasteiger partial charge is 0.222 e. The van der Waals surface area contributed by atoms with Gasteiger partial charge in [-0.2, -0.15) is 0 Å². The van der Waals surface area contributed by atoms with E-state index in [1.165, 1.54) is 18.6 Å². The van der Waals surface area contributed by atoms with Gasteiger partial charge in [-0.3, -0.25) is 4.79 Å². The van der Waals surface area contributed by atoms with Crippen molar-refractivity contribution >= 4 is 5.91 Å². The summed E-state index contributed by atoms with van der Waals surface area (Å²) in [7, 11) is 0. The van der Waals surface area contributed by atoms with Crippen LogP contribution in [0.25, 0.3) is 0 Å². The summed E-state index contributed by atoms with van der Waals surface area (Å²) in [5.41, 5.74) is 1.02. The van der Waals surface area contributed by atoms with Crippen molar-refractivity contribution < 1.29 is 9.18 Å². The topological polar surface area (TPSA) is 20.3 Å². The Bertz CT molecular complexity index is 401. The third-order valence-electron chi connectivity index (χ3n) is 3.55. The largest absolute Gasteiger partial charge is 0.342 e. The van der Waals surface area contributed by atoms with E-state index >= 15 is 0 Å².